The van der Waals surface area contributed by atoms with Crippen molar-refractivity contribution in [1.82, 2.24) is 26.2 Å². The fraction of sp³-hybridized carbons (Fsp3) is 0.786. The van der Waals surface area contributed by atoms with Crippen LogP contribution in [0.4, 0.5) is 4.79 Å². The third-order valence-corrected chi connectivity index (χ3v) is 6.01. The minimum atomic E-state index is -0.484. The van der Waals surface area contributed by atoms with E-state index in [4.69, 9.17) is 4.74 Å². The number of hydrogen-bond acceptors (Lipinski definition) is 6. The molecule has 0 aliphatic rings. The van der Waals surface area contributed by atoms with Crippen LogP contribution in [-0.4, -0.2) is 81.6 Å². The highest BCUT2D eigenvalue weighted by molar-refractivity contribution is 5.84. The van der Waals surface area contributed by atoms with E-state index in [0.29, 0.717) is 45.4 Å². The molecule has 0 aromatic carbocycles. The Morgan fingerprint density at radius 3 is 2.00 bits per heavy atom. The van der Waals surface area contributed by atoms with Gasteiger partial charge in [-0.25, -0.2) is 4.79 Å². The van der Waals surface area contributed by atoms with Gasteiger partial charge in [-0.3, -0.25) is 14.4 Å². The molecule has 220 valence electrons. The maximum atomic E-state index is 12.7. The van der Waals surface area contributed by atoms with Crippen LogP contribution >= 0.6 is 0 Å². The quantitative estimate of drug-likeness (QED) is 0.104. The molecule has 10 nitrogen and oxygen atoms in total. The van der Waals surface area contributed by atoms with Crippen LogP contribution in [0.3, 0.4) is 0 Å². The second-order valence-corrected chi connectivity index (χ2v) is 9.43. The van der Waals surface area contributed by atoms with Crippen molar-refractivity contribution >= 4 is 23.8 Å². The highest BCUT2D eigenvalue weighted by atomic mass is 16.5. The summed E-state index contributed by atoms with van der Waals surface area (Å²) in [5.41, 5.74) is 0. The Balaban J connectivity index is 4.12. The summed E-state index contributed by atoms with van der Waals surface area (Å²) in [4.78, 5) is 49.9. The van der Waals surface area contributed by atoms with Crippen LogP contribution in [0.1, 0.15) is 90.4 Å². The Kier molecular flexibility index (Phi) is 24.2. The zero-order chi connectivity index (χ0) is 28.3. The van der Waals surface area contributed by atoms with Crippen LogP contribution in [0.5, 0.6) is 0 Å². The first-order chi connectivity index (χ1) is 18.4. The molecule has 0 saturated heterocycles. The lowest BCUT2D eigenvalue weighted by Gasteiger charge is -2.22. The summed E-state index contributed by atoms with van der Waals surface area (Å²) >= 11 is 0. The van der Waals surface area contributed by atoms with Gasteiger partial charge in [0.2, 0.25) is 17.7 Å². The van der Waals surface area contributed by atoms with Gasteiger partial charge in [0, 0.05) is 39.0 Å². The van der Waals surface area contributed by atoms with E-state index in [1.807, 2.05) is 14.0 Å². The normalized spacial score (nSPS) is 10.5. The summed E-state index contributed by atoms with van der Waals surface area (Å²) < 4.78 is 4.84. The lowest BCUT2D eigenvalue weighted by atomic mass is 10.1. The van der Waals surface area contributed by atoms with E-state index in [0.717, 1.165) is 38.6 Å². The SMILES string of the molecule is C=CCOC(=O)NCCCCCC(=O)N(CCNC(=O)CCCCCCCCCCNC)CC(=O)NCC. The number of carbonyl (C=O) groups is 4. The number of alkyl carbamates (subject to hydrolysis) is 1. The number of ether oxygens (including phenoxy) is 1. The van der Waals surface area contributed by atoms with Crippen LogP contribution in [0.2, 0.25) is 0 Å². The molecule has 0 fully saturated rings. The van der Waals surface area contributed by atoms with Crippen molar-refractivity contribution in [2.45, 2.75) is 90.4 Å². The standard InChI is InChI=1S/C28H53N5O5/c1-4-23-38-28(37)32-20-16-12-14-18-27(36)33(24-26(35)30-5-2)22-21-31-25(34)17-13-10-8-6-7-9-11-15-19-29-3/h4,29H,1,5-24H2,2-3H3,(H,30,35)(H,31,34)(H,32,37). The summed E-state index contributed by atoms with van der Waals surface area (Å²) in [7, 11) is 1.98. The number of hydrogen-bond donors (Lipinski definition) is 4. The van der Waals surface area contributed by atoms with Crippen molar-refractivity contribution < 1.29 is 23.9 Å². The number of amides is 4. The van der Waals surface area contributed by atoms with Gasteiger partial charge in [-0.2, -0.15) is 0 Å². The van der Waals surface area contributed by atoms with Gasteiger partial charge in [-0.05, 0) is 46.2 Å². The van der Waals surface area contributed by atoms with Gasteiger partial charge in [-0.1, -0.05) is 57.6 Å². The van der Waals surface area contributed by atoms with Gasteiger partial charge in [0.05, 0.1) is 6.54 Å². The van der Waals surface area contributed by atoms with Crippen LogP contribution in [0.25, 0.3) is 0 Å². The minimum absolute atomic E-state index is 0.0124. The molecule has 0 aliphatic carbocycles. The van der Waals surface area contributed by atoms with Crippen molar-refractivity contribution in [1.29, 1.82) is 0 Å². The monoisotopic (exact) mass is 539 g/mol. The summed E-state index contributed by atoms with van der Waals surface area (Å²) in [6.07, 6.45) is 13.3. The smallest absolute Gasteiger partial charge is 0.407 e. The molecular weight excluding hydrogens is 486 g/mol. The zero-order valence-corrected chi connectivity index (χ0v) is 23.9. The van der Waals surface area contributed by atoms with E-state index in [1.54, 1.807) is 0 Å². The highest BCUT2D eigenvalue weighted by Gasteiger charge is 2.17. The van der Waals surface area contributed by atoms with Gasteiger partial charge in [0.15, 0.2) is 0 Å². The molecular formula is C28H53N5O5. The zero-order valence-electron chi connectivity index (χ0n) is 23.9. The molecule has 0 aliphatic heterocycles. The predicted octanol–water partition coefficient (Wildman–Crippen LogP) is 3.27. The third-order valence-electron chi connectivity index (χ3n) is 6.01. The Morgan fingerprint density at radius 2 is 1.34 bits per heavy atom. The first-order valence-electron chi connectivity index (χ1n) is 14.4. The molecule has 10 heteroatoms. The fourth-order valence-corrected chi connectivity index (χ4v) is 3.90. The van der Waals surface area contributed by atoms with E-state index >= 15 is 0 Å². The molecule has 0 saturated carbocycles. The van der Waals surface area contributed by atoms with E-state index in [9.17, 15) is 19.2 Å². The van der Waals surface area contributed by atoms with Crippen molar-refractivity contribution in [3.05, 3.63) is 12.7 Å². The predicted molar refractivity (Wildman–Crippen MR) is 152 cm³/mol. The van der Waals surface area contributed by atoms with Gasteiger partial charge in [-0.15, -0.1) is 0 Å². The first kappa shape index (κ1) is 35.4. The molecule has 38 heavy (non-hydrogen) atoms. The molecule has 4 amide bonds. The Morgan fingerprint density at radius 1 is 0.737 bits per heavy atom. The van der Waals surface area contributed by atoms with Crippen LogP contribution in [0, 0.1) is 0 Å². The molecule has 0 aromatic rings. The number of rotatable bonds is 25. The number of nitrogens with zero attached hydrogens (tertiary/aromatic N) is 1. The number of unbranched alkanes of at least 4 members (excludes halogenated alkanes) is 9. The van der Waals surface area contributed by atoms with Gasteiger partial charge < -0.3 is 30.9 Å². The molecule has 0 unspecified atom stereocenters. The summed E-state index contributed by atoms with van der Waals surface area (Å²) in [6.45, 7) is 8.13. The molecule has 0 aromatic heterocycles. The highest BCUT2D eigenvalue weighted by Crippen LogP contribution is 2.09. The van der Waals surface area contributed by atoms with Gasteiger partial charge in [0.25, 0.3) is 0 Å². The first-order valence-corrected chi connectivity index (χ1v) is 14.4. The largest absolute Gasteiger partial charge is 0.445 e. The van der Waals surface area contributed by atoms with E-state index in [2.05, 4.69) is 27.8 Å². The molecule has 0 bridgehead atoms. The topological polar surface area (TPSA) is 129 Å². The van der Waals surface area contributed by atoms with Crippen LogP contribution in [-0.2, 0) is 19.1 Å². The fourth-order valence-electron chi connectivity index (χ4n) is 3.90. The summed E-state index contributed by atoms with van der Waals surface area (Å²) in [6, 6.07) is 0. The summed E-state index contributed by atoms with van der Waals surface area (Å²) in [5.74, 6) is -0.340. The second kappa shape index (κ2) is 26.0. The maximum absolute atomic E-state index is 12.7. The Bertz CT molecular complexity index is 660. The Labute approximate surface area is 230 Å². The second-order valence-electron chi connectivity index (χ2n) is 9.43. The molecule has 4 N–H and O–H groups in total. The maximum Gasteiger partial charge on any atom is 0.407 e. The molecule has 0 radical (unpaired) electrons. The van der Waals surface area contributed by atoms with Crippen molar-refractivity contribution in [2.24, 2.45) is 0 Å². The van der Waals surface area contributed by atoms with Gasteiger partial charge >= 0.3 is 6.09 Å². The van der Waals surface area contributed by atoms with Crippen molar-refractivity contribution in [3.8, 4) is 0 Å². The molecule has 0 rings (SSSR count). The number of carbonyl (C=O) groups excluding carboxylic acids is 4. The molecule has 0 atom stereocenters. The van der Waals surface area contributed by atoms with Crippen molar-refractivity contribution in [3.63, 3.8) is 0 Å². The lowest BCUT2D eigenvalue weighted by Crippen LogP contribution is -2.44. The molecule has 0 heterocycles. The third kappa shape index (κ3) is 22.6. The average molecular weight is 540 g/mol. The van der Waals surface area contributed by atoms with Crippen molar-refractivity contribution in [2.75, 3.05) is 52.9 Å². The molecule has 0 spiro atoms. The summed E-state index contributed by atoms with van der Waals surface area (Å²) in [5, 5.41) is 11.4. The minimum Gasteiger partial charge on any atom is -0.445 e. The average Bonchev–Trinajstić information content (AvgIpc) is 2.89. The van der Waals surface area contributed by atoms with Crippen LogP contribution in [0.15, 0.2) is 12.7 Å². The van der Waals surface area contributed by atoms with Crippen LogP contribution < -0.4 is 21.3 Å². The number of likely N-dealkylation sites (N-methyl/N-ethyl adjacent to an activating group) is 1. The Hall–Kier alpha value is -2.62. The van der Waals surface area contributed by atoms with E-state index in [-0.39, 0.29) is 30.9 Å². The number of nitrogens with one attached hydrogen (secondary N) is 4. The van der Waals surface area contributed by atoms with Gasteiger partial charge in [0.1, 0.15) is 6.61 Å². The van der Waals surface area contributed by atoms with E-state index in [1.165, 1.54) is 43.1 Å². The lowest BCUT2D eigenvalue weighted by molar-refractivity contribution is -0.136. The van der Waals surface area contributed by atoms with E-state index < -0.39 is 6.09 Å².